The number of thiazole rings is 1. The molecule has 0 aliphatic heterocycles. The van der Waals surface area contributed by atoms with Crippen LogP contribution in [0, 0.1) is 6.92 Å². The number of para-hydroxylation sites is 1. The lowest BCUT2D eigenvalue weighted by Gasteiger charge is -2.12. The molecule has 0 saturated heterocycles. The zero-order valence-electron chi connectivity index (χ0n) is 15.2. The predicted molar refractivity (Wildman–Crippen MR) is 111 cm³/mol. The van der Waals surface area contributed by atoms with Gasteiger partial charge in [0.15, 0.2) is 6.61 Å². The van der Waals surface area contributed by atoms with Gasteiger partial charge in [0.25, 0.3) is 5.91 Å². The molecule has 0 unspecified atom stereocenters. The summed E-state index contributed by atoms with van der Waals surface area (Å²) in [4.78, 5) is 28.3. The zero-order chi connectivity index (χ0) is 20.1. The standard InChI is InChI=1S/C20H17ClN2O4S/c1-12-9-15(16(26-2)10-13(12)21)22-18(24)11-27-20(25)8-7-19-23-14-5-3-4-6-17(14)28-19/h3-10H,11H2,1-2H3,(H,22,24). The molecule has 1 heterocycles. The van der Waals surface area contributed by atoms with Crippen molar-refractivity contribution in [3.05, 3.63) is 58.1 Å². The first-order valence-corrected chi connectivity index (χ1v) is 9.50. The lowest BCUT2D eigenvalue weighted by Crippen LogP contribution is -2.20. The van der Waals surface area contributed by atoms with Crippen LogP contribution in [0.15, 0.2) is 42.5 Å². The molecular formula is C20H17ClN2O4S. The van der Waals surface area contributed by atoms with Gasteiger partial charge < -0.3 is 14.8 Å². The first kappa shape index (κ1) is 19.9. The van der Waals surface area contributed by atoms with Gasteiger partial charge in [-0.15, -0.1) is 11.3 Å². The Kier molecular flexibility index (Phi) is 6.28. The number of carbonyl (C=O) groups excluding carboxylic acids is 2. The molecule has 3 aromatic rings. The highest BCUT2D eigenvalue weighted by atomic mass is 35.5. The molecule has 2 aromatic carbocycles. The van der Waals surface area contributed by atoms with Gasteiger partial charge in [-0.25, -0.2) is 9.78 Å². The Labute approximate surface area is 170 Å². The number of hydrogen-bond acceptors (Lipinski definition) is 6. The molecule has 1 amide bonds. The van der Waals surface area contributed by atoms with E-state index in [1.807, 2.05) is 31.2 Å². The van der Waals surface area contributed by atoms with Crippen molar-refractivity contribution < 1.29 is 19.1 Å². The summed E-state index contributed by atoms with van der Waals surface area (Å²) in [6, 6.07) is 11.0. The van der Waals surface area contributed by atoms with Gasteiger partial charge in [0.1, 0.15) is 10.8 Å². The summed E-state index contributed by atoms with van der Waals surface area (Å²) < 4.78 is 11.2. The average molecular weight is 417 g/mol. The Morgan fingerprint density at radius 3 is 2.82 bits per heavy atom. The summed E-state index contributed by atoms with van der Waals surface area (Å²) >= 11 is 7.50. The number of carbonyl (C=O) groups is 2. The molecule has 0 radical (unpaired) electrons. The quantitative estimate of drug-likeness (QED) is 0.474. The second-order valence-corrected chi connectivity index (χ2v) is 7.28. The molecule has 6 nitrogen and oxygen atoms in total. The molecule has 0 bridgehead atoms. The number of benzene rings is 2. The number of rotatable bonds is 6. The molecule has 0 aliphatic carbocycles. The largest absolute Gasteiger partial charge is 0.495 e. The maximum absolute atomic E-state index is 12.1. The minimum absolute atomic E-state index is 0.422. The van der Waals surface area contributed by atoms with Crippen LogP contribution in [-0.4, -0.2) is 30.6 Å². The van der Waals surface area contributed by atoms with E-state index in [0.29, 0.717) is 21.5 Å². The molecular weight excluding hydrogens is 400 g/mol. The lowest BCUT2D eigenvalue weighted by molar-refractivity contribution is -0.142. The monoisotopic (exact) mass is 416 g/mol. The molecule has 28 heavy (non-hydrogen) atoms. The van der Waals surface area contributed by atoms with Crippen LogP contribution in [0.4, 0.5) is 5.69 Å². The van der Waals surface area contributed by atoms with Crippen LogP contribution < -0.4 is 10.1 Å². The smallest absolute Gasteiger partial charge is 0.331 e. The van der Waals surface area contributed by atoms with E-state index in [0.717, 1.165) is 15.8 Å². The number of anilines is 1. The summed E-state index contributed by atoms with van der Waals surface area (Å²) in [7, 11) is 1.48. The number of aromatic nitrogens is 1. The summed E-state index contributed by atoms with van der Waals surface area (Å²) in [5.41, 5.74) is 2.11. The van der Waals surface area contributed by atoms with Crippen molar-refractivity contribution in [2.75, 3.05) is 19.0 Å². The number of fused-ring (bicyclic) bond motifs is 1. The number of esters is 1. The molecule has 144 valence electrons. The summed E-state index contributed by atoms with van der Waals surface area (Å²) in [5.74, 6) is -0.693. The number of methoxy groups -OCH3 is 1. The van der Waals surface area contributed by atoms with Crippen molar-refractivity contribution in [3.8, 4) is 5.75 Å². The average Bonchev–Trinajstić information content (AvgIpc) is 3.10. The summed E-state index contributed by atoms with van der Waals surface area (Å²) in [5, 5.41) is 3.86. The zero-order valence-corrected chi connectivity index (χ0v) is 16.8. The fourth-order valence-electron chi connectivity index (χ4n) is 2.40. The number of ether oxygens (including phenoxy) is 2. The Morgan fingerprint density at radius 1 is 1.29 bits per heavy atom. The SMILES string of the molecule is COc1cc(Cl)c(C)cc1NC(=O)COC(=O)C=Cc1nc2ccccc2s1. The normalized spacial score (nSPS) is 11.0. The van der Waals surface area contributed by atoms with Crippen LogP contribution in [0.1, 0.15) is 10.6 Å². The third-order valence-corrected chi connectivity index (χ3v) is 5.18. The van der Waals surface area contributed by atoms with Crippen LogP contribution >= 0.6 is 22.9 Å². The second-order valence-electron chi connectivity index (χ2n) is 5.81. The molecule has 1 aromatic heterocycles. The van der Waals surface area contributed by atoms with Gasteiger partial charge in [0, 0.05) is 17.2 Å². The molecule has 3 rings (SSSR count). The Hall–Kier alpha value is -2.90. The van der Waals surface area contributed by atoms with Gasteiger partial charge in [0.2, 0.25) is 0 Å². The molecule has 1 N–H and O–H groups in total. The van der Waals surface area contributed by atoms with Crippen LogP contribution in [0.3, 0.4) is 0 Å². The van der Waals surface area contributed by atoms with E-state index in [2.05, 4.69) is 10.3 Å². The topological polar surface area (TPSA) is 77.5 Å². The van der Waals surface area contributed by atoms with Crippen LogP contribution in [0.25, 0.3) is 16.3 Å². The van der Waals surface area contributed by atoms with Crippen LogP contribution in [0.2, 0.25) is 5.02 Å². The molecule has 0 aliphatic rings. The fourth-order valence-corrected chi connectivity index (χ4v) is 3.43. The number of nitrogens with one attached hydrogen (secondary N) is 1. The second kappa shape index (κ2) is 8.86. The van der Waals surface area contributed by atoms with Gasteiger partial charge in [0.05, 0.1) is 23.0 Å². The minimum atomic E-state index is -0.631. The van der Waals surface area contributed by atoms with Gasteiger partial charge in [-0.2, -0.15) is 0 Å². The number of nitrogens with zero attached hydrogens (tertiary/aromatic N) is 1. The Balaban J connectivity index is 1.55. The number of hydrogen-bond donors (Lipinski definition) is 1. The minimum Gasteiger partial charge on any atom is -0.495 e. The Morgan fingerprint density at radius 2 is 2.07 bits per heavy atom. The van der Waals surface area contributed by atoms with E-state index in [4.69, 9.17) is 21.1 Å². The molecule has 8 heteroatoms. The number of amides is 1. The van der Waals surface area contributed by atoms with E-state index >= 15 is 0 Å². The first-order valence-electron chi connectivity index (χ1n) is 8.30. The van der Waals surface area contributed by atoms with Crippen molar-refractivity contribution in [2.24, 2.45) is 0 Å². The third-order valence-electron chi connectivity index (χ3n) is 3.77. The maximum atomic E-state index is 12.1. The third kappa shape index (κ3) is 4.88. The van der Waals surface area contributed by atoms with Crippen LogP contribution in [0.5, 0.6) is 5.75 Å². The maximum Gasteiger partial charge on any atom is 0.331 e. The highest BCUT2D eigenvalue weighted by Crippen LogP contribution is 2.30. The van der Waals surface area contributed by atoms with E-state index < -0.39 is 18.5 Å². The van der Waals surface area contributed by atoms with Gasteiger partial charge in [-0.3, -0.25) is 4.79 Å². The summed E-state index contributed by atoms with van der Waals surface area (Å²) in [6.45, 7) is 1.39. The summed E-state index contributed by atoms with van der Waals surface area (Å²) in [6.07, 6.45) is 2.81. The molecule has 0 spiro atoms. The molecule has 0 saturated carbocycles. The Bertz CT molecular complexity index is 1030. The van der Waals surface area contributed by atoms with Crippen molar-refractivity contribution in [2.45, 2.75) is 6.92 Å². The molecule has 0 fully saturated rings. The van der Waals surface area contributed by atoms with E-state index in [9.17, 15) is 9.59 Å². The van der Waals surface area contributed by atoms with Gasteiger partial charge >= 0.3 is 5.97 Å². The van der Waals surface area contributed by atoms with E-state index in [1.165, 1.54) is 24.5 Å². The molecule has 0 atom stereocenters. The predicted octanol–water partition coefficient (Wildman–Crippen LogP) is 4.46. The van der Waals surface area contributed by atoms with Crippen molar-refractivity contribution in [1.82, 2.24) is 4.98 Å². The van der Waals surface area contributed by atoms with Gasteiger partial charge in [-0.1, -0.05) is 23.7 Å². The fraction of sp³-hybridized carbons (Fsp3) is 0.150. The van der Waals surface area contributed by atoms with E-state index in [-0.39, 0.29) is 0 Å². The van der Waals surface area contributed by atoms with Crippen molar-refractivity contribution in [1.29, 1.82) is 0 Å². The number of aryl methyl sites for hydroxylation is 1. The highest BCUT2D eigenvalue weighted by molar-refractivity contribution is 7.19. The van der Waals surface area contributed by atoms with E-state index in [1.54, 1.807) is 18.2 Å². The van der Waals surface area contributed by atoms with Gasteiger partial charge in [-0.05, 0) is 36.8 Å². The number of halogens is 1. The highest BCUT2D eigenvalue weighted by Gasteiger charge is 2.12. The van der Waals surface area contributed by atoms with Crippen LogP contribution in [-0.2, 0) is 14.3 Å². The first-order chi connectivity index (χ1) is 13.5. The van der Waals surface area contributed by atoms with Crippen molar-refractivity contribution in [3.63, 3.8) is 0 Å². The lowest BCUT2D eigenvalue weighted by atomic mass is 10.2. The van der Waals surface area contributed by atoms with Crippen molar-refractivity contribution >= 4 is 56.8 Å².